The summed E-state index contributed by atoms with van der Waals surface area (Å²) in [4.78, 5) is 23.8. The number of hydrogen-bond acceptors (Lipinski definition) is 4. The van der Waals surface area contributed by atoms with Gasteiger partial charge in [0.15, 0.2) is 0 Å². The lowest BCUT2D eigenvalue weighted by atomic mass is 10.1. The molecule has 3 unspecified atom stereocenters. The molecule has 1 aliphatic heterocycles. The average molecular weight is 246 g/mol. The summed E-state index contributed by atoms with van der Waals surface area (Å²) in [5, 5.41) is 29.8. The SMILES string of the molecule is CC(C)C(NC(=O)N1CC(O)C(O)C1)C(=O)O. The van der Waals surface area contributed by atoms with Crippen molar-refractivity contribution in [1.29, 1.82) is 0 Å². The van der Waals surface area contributed by atoms with E-state index >= 15 is 0 Å². The summed E-state index contributed by atoms with van der Waals surface area (Å²) >= 11 is 0. The second kappa shape index (κ2) is 5.33. The zero-order valence-electron chi connectivity index (χ0n) is 9.83. The van der Waals surface area contributed by atoms with Crippen molar-refractivity contribution in [1.82, 2.24) is 10.2 Å². The highest BCUT2D eigenvalue weighted by atomic mass is 16.4. The molecule has 0 bridgehead atoms. The Bertz CT molecular complexity index is 297. The summed E-state index contributed by atoms with van der Waals surface area (Å²) in [5.74, 6) is -1.34. The van der Waals surface area contributed by atoms with Gasteiger partial charge in [-0.05, 0) is 5.92 Å². The molecule has 7 heteroatoms. The first-order valence-corrected chi connectivity index (χ1v) is 5.47. The van der Waals surface area contributed by atoms with E-state index in [1.54, 1.807) is 13.8 Å². The molecule has 3 atom stereocenters. The maximum Gasteiger partial charge on any atom is 0.326 e. The molecule has 0 aromatic heterocycles. The zero-order valence-corrected chi connectivity index (χ0v) is 9.83. The van der Waals surface area contributed by atoms with Crippen molar-refractivity contribution in [3.63, 3.8) is 0 Å². The van der Waals surface area contributed by atoms with E-state index in [4.69, 9.17) is 5.11 Å². The normalized spacial score (nSPS) is 26.1. The lowest BCUT2D eigenvalue weighted by Crippen LogP contribution is -2.49. The summed E-state index contributed by atoms with van der Waals surface area (Å²) in [6.07, 6.45) is -1.94. The van der Waals surface area contributed by atoms with E-state index in [0.717, 1.165) is 0 Å². The Morgan fingerprint density at radius 2 is 1.71 bits per heavy atom. The summed E-state index contributed by atoms with van der Waals surface area (Å²) < 4.78 is 0. The van der Waals surface area contributed by atoms with Crippen molar-refractivity contribution in [2.45, 2.75) is 32.1 Å². The molecule has 0 spiro atoms. The number of carbonyl (C=O) groups is 2. The van der Waals surface area contributed by atoms with Crippen molar-refractivity contribution in [2.75, 3.05) is 13.1 Å². The largest absolute Gasteiger partial charge is 0.480 e. The van der Waals surface area contributed by atoms with Gasteiger partial charge in [-0.25, -0.2) is 9.59 Å². The highest BCUT2D eigenvalue weighted by molar-refractivity contribution is 5.83. The number of carbonyl (C=O) groups excluding carboxylic acids is 1. The van der Waals surface area contributed by atoms with Gasteiger partial charge in [0, 0.05) is 0 Å². The first-order valence-electron chi connectivity index (χ1n) is 5.47. The van der Waals surface area contributed by atoms with E-state index in [-0.39, 0.29) is 19.0 Å². The predicted molar refractivity (Wildman–Crippen MR) is 58.4 cm³/mol. The minimum absolute atomic E-state index is 0.0113. The number of aliphatic hydroxyl groups excluding tert-OH is 2. The van der Waals surface area contributed by atoms with Gasteiger partial charge in [0.1, 0.15) is 6.04 Å². The molecule has 0 aliphatic carbocycles. The fourth-order valence-electron chi connectivity index (χ4n) is 1.67. The van der Waals surface area contributed by atoms with Crippen LogP contribution in [0.4, 0.5) is 4.79 Å². The molecule has 0 saturated carbocycles. The molecule has 17 heavy (non-hydrogen) atoms. The van der Waals surface area contributed by atoms with Crippen LogP contribution in [0.15, 0.2) is 0 Å². The van der Waals surface area contributed by atoms with Crippen LogP contribution in [0.2, 0.25) is 0 Å². The van der Waals surface area contributed by atoms with Crippen LogP contribution in [0, 0.1) is 5.92 Å². The minimum Gasteiger partial charge on any atom is -0.480 e. The highest BCUT2D eigenvalue weighted by Crippen LogP contribution is 2.11. The van der Waals surface area contributed by atoms with Gasteiger partial charge in [-0.3, -0.25) is 0 Å². The van der Waals surface area contributed by atoms with Gasteiger partial charge in [-0.15, -0.1) is 0 Å². The van der Waals surface area contributed by atoms with Crippen molar-refractivity contribution in [3.05, 3.63) is 0 Å². The van der Waals surface area contributed by atoms with Gasteiger partial charge in [-0.2, -0.15) is 0 Å². The van der Waals surface area contributed by atoms with E-state index in [0.29, 0.717) is 0 Å². The number of urea groups is 1. The molecule has 1 fully saturated rings. The Hall–Kier alpha value is -1.34. The smallest absolute Gasteiger partial charge is 0.326 e. The molecule has 4 N–H and O–H groups in total. The molecule has 0 aromatic rings. The molecular formula is C10H18N2O5. The maximum atomic E-state index is 11.7. The Balaban J connectivity index is 2.57. The Kier molecular flexibility index (Phi) is 4.30. The molecule has 1 saturated heterocycles. The maximum absolute atomic E-state index is 11.7. The van der Waals surface area contributed by atoms with Crippen LogP contribution in [-0.4, -0.2) is 63.6 Å². The third-order valence-electron chi connectivity index (χ3n) is 2.76. The highest BCUT2D eigenvalue weighted by Gasteiger charge is 2.34. The monoisotopic (exact) mass is 246 g/mol. The Morgan fingerprint density at radius 1 is 1.24 bits per heavy atom. The van der Waals surface area contributed by atoms with Crippen molar-refractivity contribution in [2.24, 2.45) is 5.92 Å². The van der Waals surface area contributed by atoms with E-state index in [9.17, 15) is 19.8 Å². The summed E-state index contributed by atoms with van der Waals surface area (Å²) in [6.45, 7) is 3.40. The first kappa shape index (κ1) is 13.7. The number of aliphatic carboxylic acids is 1. The van der Waals surface area contributed by atoms with E-state index in [2.05, 4.69) is 5.32 Å². The predicted octanol–water partition coefficient (Wildman–Crippen LogP) is -1.16. The van der Waals surface area contributed by atoms with Crippen LogP contribution in [-0.2, 0) is 4.79 Å². The molecule has 1 aliphatic rings. The fourth-order valence-corrected chi connectivity index (χ4v) is 1.67. The molecule has 0 radical (unpaired) electrons. The van der Waals surface area contributed by atoms with Gasteiger partial charge < -0.3 is 25.5 Å². The number of nitrogens with one attached hydrogen (secondary N) is 1. The van der Waals surface area contributed by atoms with Crippen LogP contribution >= 0.6 is 0 Å². The molecule has 2 amide bonds. The number of rotatable bonds is 3. The van der Waals surface area contributed by atoms with Crippen molar-refractivity contribution < 1.29 is 24.9 Å². The van der Waals surface area contributed by atoms with Crippen LogP contribution in [0.5, 0.6) is 0 Å². The Morgan fingerprint density at radius 3 is 2.06 bits per heavy atom. The summed E-state index contributed by atoms with van der Waals surface area (Å²) in [5.41, 5.74) is 0. The number of carboxylic acid groups (broad SMARTS) is 1. The summed E-state index contributed by atoms with van der Waals surface area (Å²) in [7, 11) is 0. The van der Waals surface area contributed by atoms with Gasteiger partial charge in [-0.1, -0.05) is 13.8 Å². The molecule has 1 heterocycles. The first-order chi connectivity index (χ1) is 7.82. The second-order valence-corrected chi connectivity index (χ2v) is 4.55. The van der Waals surface area contributed by atoms with Crippen molar-refractivity contribution >= 4 is 12.0 Å². The summed E-state index contributed by atoms with van der Waals surface area (Å²) in [6, 6.07) is -1.56. The quantitative estimate of drug-likeness (QED) is 0.502. The van der Waals surface area contributed by atoms with Gasteiger partial charge in [0.05, 0.1) is 25.3 Å². The number of carboxylic acids is 1. The second-order valence-electron chi connectivity index (χ2n) is 4.55. The van der Waals surface area contributed by atoms with Crippen LogP contribution < -0.4 is 5.32 Å². The van der Waals surface area contributed by atoms with Gasteiger partial charge in [0.2, 0.25) is 0 Å². The molecule has 0 aromatic carbocycles. The van der Waals surface area contributed by atoms with Crippen molar-refractivity contribution in [3.8, 4) is 0 Å². The van der Waals surface area contributed by atoms with Crippen LogP contribution in [0.25, 0.3) is 0 Å². The third-order valence-corrected chi connectivity index (χ3v) is 2.76. The standard InChI is InChI=1S/C10H18N2O5/c1-5(2)8(9(15)16)11-10(17)12-3-6(13)7(14)4-12/h5-8,13-14H,3-4H2,1-2H3,(H,11,17)(H,15,16). The number of nitrogens with zero attached hydrogens (tertiary/aromatic N) is 1. The lowest BCUT2D eigenvalue weighted by molar-refractivity contribution is -0.140. The minimum atomic E-state index is -1.10. The zero-order chi connectivity index (χ0) is 13.2. The lowest BCUT2D eigenvalue weighted by Gasteiger charge is -2.22. The number of amides is 2. The van der Waals surface area contributed by atoms with E-state index in [1.165, 1.54) is 4.90 Å². The number of aliphatic hydroxyl groups is 2. The molecule has 1 rings (SSSR count). The number of β-amino-alcohol motifs (C(OH)–C–C–N with tert-alkyl or cyclic N) is 2. The molecular weight excluding hydrogens is 228 g/mol. The van der Waals surface area contributed by atoms with Gasteiger partial charge in [0.25, 0.3) is 0 Å². The molecule has 98 valence electrons. The van der Waals surface area contributed by atoms with E-state index < -0.39 is 30.3 Å². The number of hydrogen-bond donors (Lipinski definition) is 4. The average Bonchev–Trinajstić information content (AvgIpc) is 2.54. The van der Waals surface area contributed by atoms with Crippen LogP contribution in [0.1, 0.15) is 13.8 Å². The fraction of sp³-hybridized carbons (Fsp3) is 0.800. The third kappa shape index (κ3) is 3.31. The number of likely N-dealkylation sites (tertiary alicyclic amines) is 1. The van der Waals surface area contributed by atoms with Crippen LogP contribution in [0.3, 0.4) is 0 Å². The molecule has 7 nitrogen and oxygen atoms in total. The van der Waals surface area contributed by atoms with Gasteiger partial charge >= 0.3 is 12.0 Å². The Labute approximate surface area is 99.0 Å². The topological polar surface area (TPSA) is 110 Å². The van der Waals surface area contributed by atoms with E-state index in [1.807, 2.05) is 0 Å².